The van der Waals surface area contributed by atoms with Crippen LogP contribution in [0.3, 0.4) is 0 Å². The molecular formula is C9H12N2O. The average molecular weight is 164 g/mol. The van der Waals surface area contributed by atoms with Gasteiger partial charge in [-0.15, -0.1) is 0 Å². The monoisotopic (exact) mass is 164 g/mol. The zero-order chi connectivity index (χ0) is 8.55. The molecule has 0 aromatic carbocycles. The highest BCUT2D eigenvalue weighted by molar-refractivity contribution is 5.28. The highest BCUT2D eigenvalue weighted by Gasteiger charge is 2.17. The van der Waals surface area contributed by atoms with Gasteiger partial charge in [-0.25, -0.2) is 0 Å². The lowest BCUT2D eigenvalue weighted by Gasteiger charge is -2.21. The molecule has 0 saturated heterocycles. The van der Waals surface area contributed by atoms with Crippen molar-refractivity contribution in [3.05, 3.63) is 29.1 Å². The maximum atomic E-state index is 9.58. The molecule has 1 unspecified atom stereocenters. The van der Waals surface area contributed by atoms with E-state index in [0.29, 0.717) is 6.54 Å². The third-order valence-electron chi connectivity index (χ3n) is 2.13. The Labute approximate surface area is 71.4 Å². The lowest BCUT2D eigenvalue weighted by atomic mass is 10.0. The molecule has 0 radical (unpaired) electrons. The van der Waals surface area contributed by atoms with Crippen molar-refractivity contribution >= 4 is 0 Å². The van der Waals surface area contributed by atoms with Crippen molar-refractivity contribution in [1.82, 2.24) is 10.3 Å². The van der Waals surface area contributed by atoms with Crippen molar-refractivity contribution in [3.8, 4) is 0 Å². The van der Waals surface area contributed by atoms with Crippen LogP contribution >= 0.6 is 0 Å². The summed E-state index contributed by atoms with van der Waals surface area (Å²) in [6.07, 6.45) is 1.44. The quantitative estimate of drug-likeness (QED) is 0.588. The second-order valence-corrected chi connectivity index (χ2v) is 3.20. The Morgan fingerprint density at radius 2 is 2.50 bits per heavy atom. The van der Waals surface area contributed by atoms with Crippen molar-refractivity contribution in [2.45, 2.75) is 19.6 Å². The first kappa shape index (κ1) is 7.71. The van der Waals surface area contributed by atoms with Gasteiger partial charge in [0.25, 0.3) is 0 Å². The maximum Gasteiger partial charge on any atom is 0.0932 e. The molecule has 2 heterocycles. The van der Waals surface area contributed by atoms with Gasteiger partial charge in [0.1, 0.15) is 0 Å². The fourth-order valence-electron chi connectivity index (χ4n) is 1.49. The Morgan fingerprint density at radius 3 is 3.33 bits per heavy atom. The van der Waals surface area contributed by atoms with E-state index >= 15 is 0 Å². The number of aliphatic hydroxyl groups is 1. The van der Waals surface area contributed by atoms with E-state index in [1.807, 2.05) is 19.2 Å². The van der Waals surface area contributed by atoms with Crippen LogP contribution in [0.2, 0.25) is 0 Å². The number of β-amino-alcohol motifs (C(OH)–C–C–N with tert-alkyl or cyclic N) is 1. The molecule has 1 atom stereocenters. The van der Waals surface area contributed by atoms with Gasteiger partial charge in [0, 0.05) is 24.8 Å². The SMILES string of the molecule is Cc1cnc2c(c1)C(O)CNC2. The molecule has 3 nitrogen and oxygen atoms in total. The Balaban J connectivity index is 2.47. The van der Waals surface area contributed by atoms with Gasteiger partial charge in [0.2, 0.25) is 0 Å². The van der Waals surface area contributed by atoms with Crippen LogP contribution in [0.25, 0.3) is 0 Å². The number of aryl methyl sites for hydroxylation is 1. The van der Waals surface area contributed by atoms with Gasteiger partial charge < -0.3 is 10.4 Å². The fourth-order valence-corrected chi connectivity index (χ4v) is 1.49. The molecule has 0 amide bonds. The summed E-state index contributed by atoms with van der Waals surface area (Å²) in [4.78, 5) is 4.25. The first-order valence-corrected chi connectivity index (χ1v) is 4.11. The Morgan fingerprint density at radius 1 is 1.67 bits per heavy atom. The van der Waals surface area contributed by atoms with E-state index in [1.54, 1.807) is 0 Å². The highest BCUT2D eigenvalue weighted by atomic mass is 16.3. The second kappa shape index (κ2) is 2.84. The minimum absolute atomic E-state index is 0.388. The molecule has 3 heteroatoms. The van der Waals surface area contributed by atoms with Crippen LogP contribution in [-0.4, -0.2) is 16.6 Å². The summed E-state index contributed by atoms with van der Waals surface area (Å²) in [5, 5.41) is 12.7. The number of aromatic nitrogens is 1. The molecule has 0 saturated carbocycles. The minimum Gasteiger partial charge on any atom is -0.387 e. The number of fused-ring (bicyclic) bond motifs is 1. The molecule has 0 spiro atoms. The van der Waals surface area contributed by atoms with Crippen LogP contribution in [-0.2, 0) is 6.54 Å². The molecule has 2 rings (SSSR count). The summed E-state index contributed by atoms with van der Waals surface area (Å²) in [5.74, 6) is 0. The van der Waals surface area contributed by atoms with Crippen molar-refractivity contribution in [2.24, 2.45) is 0 Å². The van der Waals surface area contributed by atoms with E-state index in [9.17, 15) is 5.11 Å². The van der Waals surface area contributed by atoms with Gasteiger partial charge in [0.15, 0.2) is 0 Å². The van der Waals surface area contributed by atoms with Gasteiger partial charge in [-0.05, 0) is 12.5 Å². The Hall–Kier alpha value is -0.930. The topological polar surface area (TPSA) is 45.2 Å². The second-order valence-electron chi connectivity index (χ2n) is 3.20. The number of pyridine rings is 1. The number of hydrogen-bond donors (Lipinski definition) is 2. The number of nitrogens with zero attached hydrogens (tertiary/aromatic N) is 1. The zero-order valence-electron chi connectivity index (χ0n) is 7.04. The number of aliphatic hydroxyl groups excluding tert-OH is 1. The van der Waals surface area contributed by atoms with Crippen LogP contribution < -0.4 is 5.32 Å². The Bertz CT molecular complexity index is 299. The molecule has 2 N–H and O–H groups in total. The molecule has 12 heavy (non-hydrogen) atoms. The highest BCUT2D eigenvalue weighted by Crippen LogP contribution is 2.20. The van der Waals surface area contributed by atoms with E-state index in [-0.39, 0.29) is 6.10 Å². The maximum absolute atomic E-state index is 9.58. The molecule has 1 aliphatic rings. The van der Waals surface area contributed by atoms with Gasteiger partial charge >= 0.3 is 0 Å². The van der Waals surface area contributed by atoms with Crippen molar-refractivity contribution in [2.75, 3.05) is 6.54 Å². The number of nitrogens with one attached hydrogen (secondary N) is 1. The van der Waals surface area contributed by atoms with Gasteiger partial charge in [-0.2, -0.15) is 0 Å². The summed E-state index contributed by atoms with van der Waals surface area (Å²) in [5.41, 5.74) is 3.06. The number of hydrogen-bond acceptors (Lipinski definition) is 3. The van der Waals surface area contributed by atoms with Crippen LogP contribution in [0.4, 0.5) is 0 Å². The van der Waals surface area contributed by atoms with Gasteiger partial charge in [-0.3, -0.25) is 4.98 Å². The smallest absolute Gasteiger partial charge is 0.0932 e. The van der Waals surface area contributed by atoms with E-state index in [1.165, 1.54) is 0 Å². The molecular weight excluding hydrogens is 152 g/mol. The molecule has 0 bridgehead atoms. The first-order chi connectivity index (χ1) is 5.77. The first-order valence-electron chi connectivity index (χ1n) is 4.11. The third-order valence-corrected chi connectivity index (χ3v) is 2.13. The summed E-state index contributed by atoms with van der Waals surface area (Å²) in [7, 11) is 0. The third kappa shape index (κ3) is 1.21. The summed E-state index contributed by atoms with van der Waals surface area (Å²) < 4.78 is 0. The summed E-state index contributed by atoms with van der Waals surface area (Å²) in [6, 6.07) is 2.01. The van der Waals surface area contributed by atoms with Crippen molar-refractivity contribution < 1.29 is 5.11 Å². The van der Waals surface area contributed by atoms with Gasteiger partial charge in [-0.1, -0.05) is 6.07 Å². The predicted octanol–water partition coefficient (Wildman–Crippen LogP) is 0.527. The lowest BCUT2D eigenvalue weighted by molar-refractivity contribution is 0.164. The summed E-state index contributed by atoms with van der Waals surface area (Å²) >= 11 is 0. The summed E-state index contributed by atoms with van der Waals surface area (Å²) in [6.45, 7) is 3.40. The molecule has 64 valence electrons. The normalized spacial score (nSPS) is 22.0. The minimum atomic E-state index is -0.388. The van der Waals surface area contributed by atoms with E-state index in [2.05, 4.69) is 10.3 Å². The fraction of sp³-hybridized carbons (Fsp3) is 0.444. The largest absolute Gasteiger partial charge is 0.387 e. The van der Waals surface area contributed by atoms with Crippen molar-refractivity contribution in [1.29, 1.82) is 0 Å². The standard InChI is InChI=1S/C9H12N2O/c1-6-2-7-8(11-3-6)4-10-5-9(7)12/h2-3,9-10,12H,4-5H2,1H3. The molecule has 1 aromatic rings. The average Bonchev–Trinajstić information content (AvgIpc) is 2.07. The van der Waals surface area contributed by atoms with Gasteiger partial charge in [0.05, 0.1) is 11.8 Å². The molecule has 0 fully saturated rings. The van der Waals surface area contributed by atoms with Crippen LogP contribution in [0, 0.1) is 6.92 Å². The lowest BCUT2D eigenvalue weighted by Crippen LogP contribution is -2.28. The van der Waals surface area contributed by atoms with E-state index in [4.69, 9.17) is 0 Å². The van der Waals surface area contributed by atoms with Crippen molar-refractivity contribution in [3.63, 3.8) is 0 Å². The molecule has 1 aromatic heterocycles. The molecule has 0 aliphatic carbocycles. The van der Waals surface area contributed by atoms with Crippen LogP contribution in [0.1, 0.15) is 22.9 Å². The molecule has 1 aliphatic heterocycles. The van der Waals surface area contributed by atoms with Crippen LogP contribution in [0.5, 0.6) is 0 Å². The predicted molar refractivity (Wildman–Crippen MR) is 45.6 cm³/mol. The number of rotatable bonds is 0. The van der Waals surface area contributed by atoms with E-state index < -0.39 is 0 Å². The van der Waals surface area contributed by atoms with Crippen LogP contribution in [0.15, 0.2) is 12.3 Å². The van der Waals surface area contributed by atoms with E-state index in [0.717, 1.165) is 23.4 Å². The zero-order valence-corrected chi connectivity index (χ0v) is 7.04. The Kier molecular flexibility index (Phi) is 1.83.